The second-order valence-electron chi connectivity index (χ2n) is 3.81. The molecule has 0 N–H and O–H groups in total. The van der Waals surface area contributed by atoms with Gasteiger partial charge >= 0.3 is 12.3 Å². The molecule has 0 aliphatic carbocycles. The van der Waals surface area contributed by atoms with Gasteiger partial charge in [-0.15, -0.1) is 13.2 Å². The molecule has 0 amide bonds. The summed E-state index contributed by atoms with van der Waals surface area (Å²) < 4.78 is 50.3. The van der Waals surface area contributed by atoms with E-state index in [-0.39, 0.29) is 24.5 Å². The average molecular weight is 293 g/mol. The Hall–Kier alpha value is -1.99. The molecule has 0 spiro atoms. The highest BCUT2D eigenvalue weighted by molar-refractivity contribution is 5.73. The summed E-state index contributed by atoms with van der Waals surface area (Å²) in [6, 6.07) is 1.35. The standard InChI is InChI=1S/C12H14F3NO4/c1-4-19-9(17)6-8-5-7(2)10(18-3)16-11(8)20-12(13,14)15/h5H,4,6H2,1-3H3. The predicted octanol–water partition coefficient (Wildman–Crippen LogP) is 2.40. The van der Waals surface area contributed by atoms with Crippen LogP contribution in [0.3, 0.4) is 0 Å². The van der Waals surface area contributed by atoms with E-state index < -0.39 is 18.2 Å². The molecule has 1 aromatic heterocycles. The molecule has 0 bridgehead atoms. The third-order valence-corrected chi connectivity index (χ3v) is 2.25. The first-order chi connectivity index (χ1) is 9.26. The monoisotopic (exact) mass is 293 g/mol. The van der Waals surface area contributed by atoms with Crippen molar-refractivity contribution in [2.75, 3.05) is 13.7 Å². The fourth-order valence-electron chi connectivity index (χ4n) is 1.54. The number of carbonyl (C=O) groups is 1. The Morgan fingerprint density at radius 2 is 2.00 bits per heavy atom. The van der Waals surface area contributed by atoms with Crippen LogP contribution in [0, 0.1) is 6.92 Å². The van der Waals surface area contributed by atoms with Crippen molar-refractivity contribution in [3.63, 3.8) is 0 Å². The van der Waals surface area contributed by atoms with Crippen molar-refractivity contribution >= 4 is 5.97 Å². The van der Waals surface area contributed by atoms with Crippen LogP contribution >= 0.6 is 0 Å². The number of carbonyl (C=O) groups excluding carboxylic acids is 1. The summed E-state index contributed by atoms with van der Waals surface area (Å²) in [5.74, 6) is -1.38. The number of pyridine rings is 1. The summed E-state index contributed by atoms with van der Waals surface area (Å²) in [6.45, 7) is 3.33. The van der Waals surface area contributed by atoms with Crippen LogP contribution in [0.5, 0.6) is 11.8 Å². The molecule has 0 fully saturated rings. The molecule has 0 saturated carbocycles. The number of rotatable bonds is 5. The topological polar surface area (TPSA) is 57.7 Å². The van der Waals surface area contributed by atoms with Gasteiger partial charge in [-0.3, -0.25) is 4.79 Å². The molecule has 0 aliphatic heterocycles. The van der Waals surface area contributed by atoms with Crippen LogP contribution in [0.25, 0.3) is 0 Å². The Balaban J connectivity index is 3.12. The van der Waals surface area contributed by atoms with E-state index in [1.54, 1.807) is 13.8 Å². The molecule has 1 rings (SSSR count). The molecule has 0 radical (unpaired) electrons. The second-order valence-corrected chi connectivity index (χ2v) is 3.81. The van der Waals surface area contributed by atoms with Crippen LogP contribution in [-0.2, 0) is 16.0 Å². The Labute approximate surface area is 113 Å². The average Bonchev–Trinajstić information content (AvgIpc) is 2.31. The van der Waals surface area contributed by atoms with E-state index in [2.05, 4.69) is 9.72 Å². The number of aromatic nitrogens is 1. The number of methoxy groups -OCH3 is 1. The lowest BCUT2D eigenvalue weighted by atomic mass is 10.1. The highest BCUT2D eigenvalue weighted by Gasteiger charge is 2.33. The van der Waals surface area contributed by atoms with Gasteiger partial charge in [0.15, 0.2) is 0 Å². The van der Waals surface area contributed by atoms with Crippen LogP contribution in [-0.4, -0.2) is 31.0 Å². The van der Waals surface area contributed by atoms with Gasteiger partial charge in [-0.2, -0.15) is 4.98 Å². The molecule has 0 unspecified atom stereocenters. The summed E-state index contributed by atoms with van der Waals surface area (Å²) in [5, 5.41) is 0. The molecule has 0 saturated heterocycles. The summed E-state index contributed by atoms with van der Waals surface area (Å²) in [5.41, 5.74) is 0.473. The van der Waals surface area contributed by atoms with Crippen molar-refractivity contribution in [1.29, 1.82) is 0 Å². The first-order valence-electron chi connectivity index (χ1n) is 5.72. The molecule has 0 aromatic carbocycles. The van der Waals surface area contributed by atoms with Crippen molar-refractivity contribution in [3.8, 4) is 11.8 Å². The minimum absolute atomic E-state index is 0.00291. The number of ether oxygens (including phenoxy) is 3. The Morgan fingerprint density at radius 1 is 1.35 bits per heavy atom. The predicted molar refractivity (Wildman–Crippen MR) is 62.5 cm³/mol. The van der Waals surface area contributed by atoms with Gasteiger partial charge in [-0.05, 0) is 19.9 Å². The molecule has 1 heterocycles. The van der Waals surface area contributed by atoms with Crippen LogP contribution in [0.15, 0.2) is 6.07 Å². The van der Waals surface area contributed by atoms with Crippen molar-refractivity contribution in [2.45, 2.75) is 26.6 Å². The quantitative estimate of drug-likeness (QED) is 0.780. The van der Waals surface area contributed by atoms with Gasteiger partial charge in [0.05, 0.1) is 20.1 Å². The Bertz CT molecular complexity index is 488. The molecule has 112 valence electrons. The van der Waals surface area contributed by atoms with Gasteiger partial charge in [-0.25, -0.2) is 0 Å². The van der Waals surface area contributed by atoms with Crippen molar-refractivity contribution in [2.24, 2.45) is 0 Å². The molecular formula is C12H14F3NO4. The van der Waals surface area contributed by atoms with E-state index in [0.29, 0.717) is 5.56 Å². The maximum absolute atomic E-state index is 12.3. The van der Waals surface area contributed by atoms with E-state index in [1.165, 1.54) is 13.2 Å². The van der Waals surface area contributed by atoms with Crippen molar-refractivity contribution in [1.82, 2.24) is 4.98 Å². The number of alkyl halides is 3. The molecule has 8 heteroatoms. The summed E-state index contributed by atoms with van der Waals surface area (Å²) >= 11 is 0. The molecule has 5 nitrogen and oxygen atoms in total. The van der Waals surface area contributed by atoms with Crippen LogP contribution < -0.4 is 9.47 Å². The summed E-state index contributed by atoms with van der Waals surface area (Å²) in [4.78, 5) is 15.0. The fourth-order valence-corrected chi connectivity index (χ4v) is 1.54. The zero-order valence-electron chi connectivity index (χ0n) is 11.2. The smallest absolute Gasteiger partial charge is 0.481 e. The Morgan fingerprint density at radius 3 is 2.50 bits per heavy atom. The van der Waals surface area contributed by atoms with Crippen LogP contribution in [0.4, 0.5) is 13.2 Å². The van der Waals surface area contributed by atoms with E-state index in [9.17, 15) is 18.0 Å². The van der Waals surface area contributed by atoms with E-state index in [1.807, 2.05) is 0 Å². The minimum atomic E-state index is -4.91. The number of aryl methyl sites for hydroxylation is 1. The van der Waals surface area contributed by atoms with Crippen LogP contribution in [0.1, 0.15) is 18.1 Å². The molecule has 20 heavy (non-hydrogen) atoms. The van der Waals surface area contributed by atoms with Crippen molar-refractivity contribution < 1.29 is 32.2 Å². The second kappa shape index (κ2) is 6.44. The largest absolute Gasteiger partial charge is 0.574 e. The third kappa shape index (κ3) is 4.60. The highest BCUT2D eigenvalue weighted by Crippen LogP contribution is 2.29. The first kappa shape index (κ1) is 16.1. The van der Waals surface area contributed by atoms with Gasteiger partial charge in [0.1, 0.15) is 0 Å². The number of esters is 1. The van der Waals surface area contributed by atoms with Gasteiger partial charge in [0.25, 0.3) is 0 Å². The number of nitrogens with zero attached hydrogens (tertiary/aromatic N) is 1. The minimum Gasteiger partial charge on any atom is -0.481 e. The van der Waals surface area contributed by atoms with Crippen molar-refractivity contribution in [3.05, 3.63) is 17.2 Å². The Kier molecular flexibility index (Phi) is 5.18. The number of halogens is 3. The summed E-state index contributed by atoms with van der Waals surface area (Å²) in [7, 11) is 1.28. The normalized spacial score (nSPS) is 11.1. The fraction of sp³-hybridized carbons (Fsp3) is 0.500. The number of hydrogen-bond acceptors (Lipinski definition) is 5. The molecule has 1 aromatic rings. The lowest BCUT2D eigenvalue weighted by Crippen LogP contribution is -2.20. The highest BCUT2D eigenvalue weighted by atomic mass is 19.4. The maximum atomic E-state index is 12.3. The maximum Gasteiger partial charge on any atom is 0.574 e. The zero-order valence-corrected chi connectivity index (χ0v) is 11.2. The molecule has 0 atom stereocenters. The van der Waals surface area contributed by atoms with Crippen LogP contribution in [0.2, 0.25) is 0 Å². The lowest BCUT2D eigenvalue weighted by molar-refractivity contribution is -0.276. The van der Waals surface area contributed by atoms with E-state index in [0.717, 1.165) is 0 Å². The SMILES string of the molecule is CCOC(=O)Cc1cc(C)c(OC)nc1OC(F)(F)F. The lowest BCUT2D eigenvalue weighted by Gasteiger charge is -2.14. The zero-order chi connectivity index (χ0) is 15.3. The summed E-state index contributed by atoms with van der Waals surface area (Å²) in [6.07, 6.45) is -5.27. The number of hydrogen-bond donors (Lipinski definition) is 0. The van der Waals surface area contributed by atoms with E-state index in [4.69, 9.17) is 9.47 Å². The molecular weight excluding hydrogens is 279 g/mol. The first-order valence-corrected chi connectivity index (χ1v) is 5.72. The van der Waals surface area contributed by atoms with Gasteiger partial charge in [0, 0.05) is 11.1 Å². The van der Waals surface area contributed by atoms with Gasteiger partial charge in [-0.1, -0.05) is 0 Å². The van der Waals surface area contributed by atoms with E-state index >= 15 is 0 Å². The van der Waals surface area contributed by atoms with Gasteiger partial charge < -0.3 is 14.2 Å². The molecule has 0 aliphatic rings. The van der Waals surface area contributed by atoms with Gasteiger partial charge in [0.2, 0.25) is 11.8 Å². The third-order valence-electron chi connectivity index (χ3n) is 2.25.